The van der Waals surface area contributed by atoms with Crippen molar-refractivity contribution in [3.8, 4) is 5.75 Å². The maximum Gasteiger partial charge on any atom is 0.362 e. The maximum absolute atomic E-state index is 14.1. The fourth-order valence-corrected chi connectivity index (χ4v) is 7.99. The van der Waals surface area contributed by atoms with Crippen LogP contribution in [-0.4, -0.2) is 33.3 Å². The minimum Gasteiger partial charge on any atom is -0.505 e. The Kier molecular flexibility index (Phi) is 7.72. The lowest BCUT2D eigenvalue weighted by molar-refractivity contribution is -0.135. The summed E-state index contributed by atoms with van der Waals surface area (Å²) < 4.78 is 28.2. The molecule has 1 saturated heterocycles. The van der Waals surface area contributed by atoms with Gasteiger partial charge in [-0.15, -0.1) is 0 Å². The van der Waals surface area contributed by atoms with Crippen LogP contribution in [0.2, 0.25) is 10.0 Å². The Bertz CT molecular complexity index is 1720. The number of aromatic amines is 1. The van der Waals surface area contributed by atoms with Gasteiger partial charge in [0.25, 0.3) is 11.5 Å². The van der Waals surface area contributed by atoms with Crippen LogP contribution in [0.1, 0.15) is 64.8 Å². The summed E-state index contributed by atoms with van der Waals surface area (Å²) in [6.07, 6.45) is 4.38. The van der Waals surface area contributed by atoms with E-state index >= 15 is 0 Å². The highest BCUT2D eigenvalue weighted by Gasteiger charge is 2.49. The molecule has 0 radical (unpaired) electrons. The van der Waals surface area contributed by atoms with E-state index in [0.29, 0.717) is 23.4 Å². The second-order valence-corrected chi connectivity index (χ2v) is 13.6. The lowest BCUT2D eigenvalue weighted by Crippen LogP contribution is -2.52. The summed E-state index contributed by atoms with van der Waals surface area (Å²) in [7, 11) is 0. The molecule has 0 unspecified atom stereocenters. The minimum absolute atomic E-state index is 0.0195. The number of nitrogens with one attached hydrogen (secondary N) is 1. The molecule has 13 heteroatoms. The second kappa shape index (κ2) is 11.0. The molecule has 0 atom stereocenters. The number of aromatic hydroxyl groups is 1. The zero-order valence-corrected chi connectivity index (χ0v) is 26.0. The van der Waals surface area contributed by atoms with Gasteiger partial charge < -0.3 is 19.9 Å². The summed E-state index contributed by atoms with van der Waals surface area (Å²) in [4.78, 5) is 45.8. The van der Waals surface area contributed by atoms with Crippen molar-refractivity contribution in [3.05, 3.63) is 78.7 Å². The predicted molar refractivity (Wildman–Crippen MR) is 162 cm³/mol. The molecular formula is C30H26Cl3F2N3O4S. The number of halogens is 5. The zero-order valence-electron chi connectivity index (χ0n) is 22.9. The molecule has 1 aromatic heterocycles. The van der Waals surface area contributed by atoms with Gasteiger partial charge in [0, 0.05) is 34.8 Å². The quantitative estimate of drug-likeness (QED) is 0.274. The van der Waals surface area contributed by atoms with Crippen LogP contribution in [0.15, 0.2) is 44.9 Å². The van der Waals surface area contributed by atoms with E-state index in [4.69, 9.17) is 34.8 Å². The smallest absolute Gasteiger partial charge is 0.362 e. The van der Waals surface area contributed by atoms with Gasteiger partial charge in [-0.25, -0.2) is 0 Å². The maximum atomic E-state index is 14.1. The number of nitrogens with zero attached hydrogens (tertiary/aromatic N) is 2. The number of phenols is 1. The largest absolute Gasteiger partial charge is 0.505 e. The Morgan fingerprint density at radius 3 is 2.40 bits per heavy atom. The van der Waals surface area contributed by atoms with Crippen LogP contribution in [0.25, 0.3) is 0 Å². The molecular weight excluding hydrogens is 643 g/mol. The van der Waals surface area contributed by atoms with Gasteiger partial charge in [0.15, 0.2) is 0 Å². The van der Waals surface area contributed by atoms with Crippen molar-refractivity contribution in [2.45, 2.75) is 67.3 Å². The number of fused-ring (bicyclic) bond motifs is 1. The van der Waals surface area contributed by atoms with Gasteiger partial charge in [-0.3, -0.25) is 14.4 Å². The van der Waals surface area contributed by atoms with Gasteiger partial charge >= 0.3 is 5.38 Å². The third-order valence-electron chi connectivity index (χ3n) is 8.73. The molecule has 1 aliphatic carbocycles. The van der Waals surface area contributed by atoms with Crippen molar-refractivity contribution in [2.75, 3.05) is 11.4 Å². The van der Waals surface area contributed by atoms with Crippen LogP contribution in [0.5, 0.6) is 5.75 Å². The minimum atomic E-state index is -3.90. The number of anilines is 1. The molecule has 2 aliphatic heterocycles. The summed E-state index contributed by atoms with van der Waals surface area (Å²) in [5.41, 5.74) is -0.292. The van der Waals surface area contributed by atoms with Gasteiger partial charge in [0.05, 0.1) is 15.7 Å². The van der Waals surface area contributed by atoms with Gasteiger partial charge in [-0.05, 0) is 85.2 Å². The summed E-state index contributed by atoms with van der Waals surface area (Å²) in [6.45, 7) is 2.37. The number of carbonyl (C=O) groups is 2. The average molecular weight is 669 g/mol. The number of aromatic nitrogens is 1. The van der Waals surface area contributed by atoms with Gasteiger partial charge in [-0.1, -0.05) is 47.5 Å². The Morgan fingerprint density at radius 1 is 1.09 bits per heavy atom. The molecule has 3 heterocycles. The highest BCUT2D eigenvalue weighted by molar-refractivity contribution is 7.99. The Labute approximate surface area is 265 Å². The van der Waals surface area contributed by atoms with E-state index in [1.807, 2.05) is 4.98 Å². The van der Waals surface area contributed by atoms with Gasteiger partial charge in [-0.2, -0.15) is 8.78 Å². The third-order valence-corrected chi connectivity index (χ3v) is 11.0. The Balaban J connectivity index is 1.36. The number of piperidine rings is 1. The lowest BCUT2D eigenvalue weighted by Gasteiger charge is -2.47. The summed E-state index contributed by atoms with van der Waals surface area (Å²) in [6, 6.07) is 7.38. The molecule has 226 valence electrons. The first-order valence-corrected chi connectivity index (χ1v) is 15.7. The van der Waals surface area contributed by atoms with E-state index in [2.05, 4.69) is 0 Å². The number of benzene rings is 2. The number of carbonyl (C=O) groups excluding carboxylic acids is 2. The van der Waals surface area contributed by atoms with Crippen molar-refractivity contribution in [3.63, 3.8) is 0 Å². The molecule has 2 amide bonds. The number of alkyl halides is 3. The number of hydrogen-bond acceptors (Lipinski definition) is 5. The van der Waals surface area contributed by atoms with Crippen LogP contribution in [0.4, 0.5) is 14.5 Å². The summed E-state index contributed by atoms with van der Waals surface area (Å²) in [5.74, 6) is -0.711. The van der Waals surface area contributed by atoms with Crippen LogP contribution in [0, 0.1) is 12.3 Å². The first kappa shape index (κ1) is 30.2. The van der Waals surface area contributed by atoms with E-state index in [-0.39, 0.29) is 55.6 Å². The number of rotatable bonds is 5. The highest BCUT2D eigenvalue weighted by atomic mass is 35.5. The molecule has 0 bridgehead atoms. The van der Waals surface area contributed by atoms with Crippen LogP contribution in [0.3, 0.4) is 0 Å². The van der Waals surface area contributed by atoms with Crippen molar-refractivity contribution < 1.29 is 23.5 Å². The first-order chi connectivity index (χ1) is 20.3. The number of pyridine rings is 1. The number of phenolic OH excluding ortho intramolecular Hbond substituents is 1. The van der Waals surface area contributed by atoms with E-state index in [1.54, 1.807) is 36.1 Å². The van der Waals surface area contributed by atoms with Crippen molar-refractivity contribution in [1.82, 2.24) is 9.88 Å². The molecule has 3 aliphatic rings. The van der Waals surface area contributed by atoms with Crippen molar-refractivity contribution >= 4 is 64.1 Å². The van der Waals surface area contributed by atoms with E-state index < -0.39 is 22.5 Å². The topological polar surface area (TPSA) is 93.7 Å². The predicted octanol–water partition coefficient (Wildman–Crippen LogP) is 7.59. The molecule has 1 spiro atoms. The van der Waals surface area contributed by atoms with Crippen molar-refractivity contribution in [2.24, 2.45) is 5.41 Å². The number of amides is 2. The summed E-state index contributed by atoms with van der Waals surface area (Å²) >= 11 is 18.7. The summed E-state index contributed by atoms with van der Waals surface area (Å²) in [5, 5.41) is 7.69. The molecule has 2 fully saturated rings. The van der Waals surface area contributed by atoms with Crippen LogP contribution < -0.4 is 10.5 Å². The van der Waals surface area contributed by atoms with Crippen molar-refractivity contribution in [1.29, 1.82) is 0 Å². The standard InChI is InChI=1S/C30H26Cl3F2N3O4S/c1-15-17-14-37(13-16(17)11-20(24(15)39)38-10-4-9-29(28(38)42)7-3-8-29)27(41)23-21(12-22(30(33,34)35)36-26(23)40)43-25-18(31)5-2-6-19(25)32/h2,5-6,11-12,39H,3-4,7-10,13-14H2,1H3,(H,36,40). The van der Waals surface area contributed by atoms with E-state index in [0.717, 1.165) is 55.5 Å². The molecule has 2 aromatic carbocycles. The molecule has 2 N–H and O–H groups in total. The number of hydrogen-bond donors (Lipinski definition) is 2. The zero-order chi connectivity index (χ0) is 30.8. The molecule has 43 heavy (non-hydrogen) atoms. The molecule has 6 rings (SSSR count). The van der Waals surface area contributed by atoms with Crippen LogP contribution >= 0.6 is 46.6 Å². The van der Waals surface area contributed by atoms with E-state index in [1.165, 1.54) is 4.90 Å². The molecule has 7 nitrogen and oxygen atoms in total. The highest BCUT2D eigenvalue weighted by Crippen LogP contribution is 2.51. The Morgan fingerprint density at radius 2 is 1.77 bits per heavy atom. The monoisotopic (exact) mass is 667 g/mol. The normalized spacial score (nSPS) is 17.8. The average Bonchev–Trinajstić information content (AvgIpc) is 3.36. The SMILES string of the molecule is Cc1c(O)c(N2CCCC3(CCC3)C2=O)cc2c1CN(C(=O)c1c(Sc3c(Cl)cccc3Cl)cc(C(F)(F)Cl)[nH]c1=O)C2. The number of H-pyrrole nitrogens is 1. The van der Waals surface area contributed by atoms with Gasteiger partial charge in [0.1, 0.15) is 17.0 Å². The van der Waals surface area contributed by atoms with Gasteiger partial charge in [0.2, 0.25) is 5.91 Å². The molecule has 3 aromatic rings. The lowest BCUT2D eigenvalue weighted by atomic mass is 9.63. The second-order valence-electron chi connectivity index (χ2n) is 11.3. The fraction of sp³-hybridized carbons (Fsp3) is 0.367. The Hall–Kier alpha value is -2.79. The van der Waals surface area contributed by atoms with Crippen LogP contribution in [-0.2, 0) is 23.3 Å². The van der Waals surface area contributed by atoms with E-state index in [9.17, 15) is 28.3 Å². The fourth-order valence-electron chi connectivity index (χ4n) is 6.25. The molecule has 1 saturated carbocycles. The first-order valence-electron chi connectivity index (χ1n) is 13.7. The third kappa shape index (κ3) is 5.20.